The number of sulfonamides is 1. The van der Waals surface area contributed by atoms with E-state index in [0.717, 1.165) is 13.0 Å². The molecular formula is C25H23Cl4N3O3S. The average molecular weight is 587 g/mol. The van der Waals surface area contributed by atoms with Crippen molar-refractivity contribution >= 4 is 62.9 Å². The van der Waals surface area contributed by atoms with E-state index in [1.54, 1.807) is 24.7 Å². The Bertz CT molecular complexity index is 1380. The first-order valence-electron chi connectivity index (χ1n) is 10.7. The number of aromatic nitrogens is 2. The van der Waals surface area contributed by atoms with Crippen molar-refractivity contribution in [3.63, 3.8) is 0 Å². The van der Waals surface area contributed by atoms with E-state index in [9.17, 15) is 8.42 Å². The Morgan fingerprint density at radius 3 is 2.39 bits per heavy atom. The number of imidazole rings is 1. The van der Waals surface area contributed by atoms with Crippen LogP contribution in [0.3, 0.4) is 0 Å². The molecule has 0 aliphatic rings. The number of hydrogen-bond donors (Lipinski definition) is 0. The van der Waals surface area contributed by atoms with Gasteiger partial charge >= 0.3 is 0 Å². The van der Waals surface area contributed by atoms with Gasteiger partial charge in [0.25, 0.3) is 10.0 Å². The summed E-state index contributed by atoms with van der Waals surface area (Å²) in [5.74, 6) is 0.590. The van der Waals surface area contributed by atoms with E-state index in [2.05, 4.69) is 4.98 Å². The van der Waals surface area contributed by atoms with E-state index in [4.69, 9.17) is 39.5 Å². The number of aryl methyl sites for hydroxylation is 1. The van der Waals surface area contributed by atoms with E-state index < -0.39 is 10.0 Å². The second-order valence-corrected chi connectivity index (χ2v) is 10.8. The maximum Gasteiger partial charge on any atom is 0.264 e. The van der Waals surface area contributed by atoms with Crippen molar-refractivity contribution in [1.82, 2.24) is 9.55 Å². The van der Waals surface area contributed by atoms with Crippen LogP contribution in [0.2, 0.25) is 15.1 Å². The van der Waals surface area contributed by atoms with Gasteiger partial charge in [0.2, 0.25) is 0 Å². The molecule has 0 spiro atoms. The Hall–Kier alpha value is -2.42. The van der Waals surface area contributed by atoms with Crippen LogP contribution in [0.1, 0.15) is 12.0 Å². The highest BCUT2D eigenvalue weighted by atomic mass is 35.5. The molecule has 11 heteroatoms. The minimum absolute atomic E-state index is 0. The molecule has 0 atom stereocenters. The quantitative estimate of drug-likeness (QED) is 0.185. The van der Waals surface area contributed by atoms with Gasteiger partial charge in [0, 0.05) is 34.5 Å². The largest absolute Gasteiger partial charge is 0.493 e. The highest BCUT2D eigenvalue weighted by molar-refractivity contribution is 7.92. The molecule has 0 N–H and O–H groups in total. The molecule has 1 heterocycles. The number of ether oxygens (including phenoxy) is 1. The molecule has 0 aliphatic heterocycles. The third-order valence-electron chi connectivity index (χ3n) is 5.24. The fourth-order valence-corrected chi connectivity index (χ4v) is 5.50. The van der Waals surface area contributed by atoms with E-state index >= 15 is 0 Å². The van der Waals surface area contributed by atoms with Gasteiger partial charge in [-0.3, -0.25) is 4.31 Å². The van der Waals surface area contributed by atoms with Crippen LogP contribution in [0.15, 0.2) is 90.3 Å². The van der Waals surface area contributed by atoms with Crippen LogP contribution in [-0.4, -0.2) is 24.6 Å². The summed E-state index contributed by atoms with van der Waals surface area (Å²) in [7, 11) is -4.01. The van der Waals surface area contributed by atoms with Crippen molar-refractivity contribution in [1.29, 1.82) is 0 Å². The molecule has 0 saturated heterocycles. The van der Waals surface area contributed by atoms with Crippen molar-refractivity contribution in [3.8, 4) is 5.75 Å². The summed E-state index contributed by atoms with van der Waals surface area (Å²) in [6.45, 7) is 1.21. The Kier molecular flexibility index (Phi) is 9.93. The first-order valence-corrected chi connectivity index (χ1v) is 13.3. The standard InChI is InChI=1S/C25H22Cl3N3O3S.ClH/c26-20-6-9-22(10-7-20)35(32,33)31(24-16-21(27)8-11-23(24)28)17-19-4-1-2-5-25(19)34-15-3-13-30-14-12-29-18-30;/h1-2,4-12,14,16,18H,3,13,15,17H2;1H. The lowest BCUT2D eigenvalue weighted by Crippen LogP contribution is -2.31. The predicted octanol–water partition coefficient (Wildman–Crippen LogP) is 7.13. The Labute approximate surface area is 231 Å². The summed E-state index contributed by atoms with van der Waals surface area (Å²) in [4.78, 5) is 4.11. The molecule has 0 amide bonds. The summed E-state index contributed by atoms with van der Waals surface area (Å²) >= 11 is 18.6. The lowest BCUT2D eigenvalue weighted by molar-refractivity contribution is 0.299. The predicted molar refractivity (Wildman–Crippen MR) is 147 cm³/mol. The van der Waals surface area contributed by atoms with Gasteiger partial charge in [0.15, 0.2) is 0 Å². The van der Waals surface area contributed by atoms with Crippen LogP contribution >= 0.6 is 47.2 Å². The molecule has 0 radical (unpaired) electrons. The molecule has 0 saturated carbocycles. The van der Waals surface area contributed by atoms with Crippen LogP contribution in [0.25, 0.3) is 0 Å². The SMILES string of the molecule is Cl.O=S(=O)(c1ccc(Cl)cc1)N(Cc1ccccc1OCCCn1ccnc1)c1cc(Cl)ccc1Cl. The number of halogens is 4. The first-order chi connectivity index (χ1) is 16.8. The Morgan fingerprint density at radius 2 is 1.67 bits per heavy atom. The van der Waals surface area contributed by atoms with Gasteiger partial charge in [-0.25, -0.2) is 13.4 Å². The van der Waals surface area contributed by atoms with Gasteiger partial charge in [0.1, 0.15) is 5.75 Å². The van der Waals surface area contributed by atoms with Gasteiger partial charge in [-0.05, 0) is 55.0 Å². The third kappa shape index (κ3) is 6.87. The van der Waals surface area contributed by atoms with E-state index in [1.165, 1.54) is 34.6 Å². The highest BCUT2D eigenvalue weighted by Crippen LogP contribution is 2.35. The molecular weight excluding hydrogens is 564 g/mol. The zero-order valence-electron chi connectivity index (χ0n) is 18.9. The summed E-state index contributed by atoms with van der Waals surface area (Å²) in [6.07, 6.45) is 6.13. The fraction of sp³-hybridized carbons (Fsp3) is 0.160. The topological polar surface area (TPSA) is 64.4 Å². The lowest BCUT2D eigenvalue weighted by Gasteiger charge is -2.26. The molecule has 4 rings (SSSR count). The summed E-state index contributed by atoms with van der Waals surface area (Å²) < 4.78 is 36.7. The molecule has 1 aromatic heterocycles. The number of hydrogen-bond acceptors (Lipinski definition) is 4. The first kappa shape index (κ1) is 28.2. The zero-order valence-corrected chi connectivity index (χ0v) is 22.8. The second-order valence-electron chi connectivity index (χ2n) is 7.67. The smallest absolute Gasteiger partial charge is 0.264 e. The fourth-order valence-electron chi connectivity index (χ4n) is 3.49. The van der Waals surface area contributed by atoms with Gasteiger partial charge < -0.3 is 9.30 Å². The lowest BCUT2D eigenvalue weighted by atomic mass is 10.2. The van der Waals surface area contributed by atoms with Gasteiger partial charge in [-0.1, -0.05) is 53.0 Å². The molecule has 3 aromatic carbocycles. The zero-order chi connectivity index (χ0) is 24.8. The number of para-hydroxylation sites is 1. The molecule has 0 bridgehead atoms. The minimum atomic E-state index is -4.01. The molecule has 190 valence electrons. The molecule has 36 heavy (non-hydrogen) atoms. The average Bonchev–Trinajstić information content (AvgIpc) is 3.36. The van der Waals surface area contributed by atoms with Gasteiger partial charge in [-0.15, -0.1) is 12.4 Å². The Morgan fingerprint density at radius 1 is 0.944 bits per heavy atom. The number of anilines is 1. The maximum absolute atomic E-state index is 13.7. The van der Waals surface area contributed by atoms with E-state index in [0.29, 0.717) is 28.0 Å². The van der Waals surface area contributed by atoms with Crippen molar-refractivity contribution in [3.05, 3.63) is 106 Å². The third-order valence-corrected chi connectivity index (χ3v) is 7.82. The second kappa shape index (κ2) is 12.7. The van der Waals surface area contributed by atoms with Crippen LogP contribution in [0.5, 0.6) is 5.75 Å². The van der Waals surface area contributed by atoms with Crippen LogP contribution < -0.4 is 9.04 Å². The van der Waals surface area contributed by atoms with E-state index in [1.807, 2.05) is 35.0 Å². The normalized spacial score (nSPS) is 11.1. The molecule has 4 aromatic rings. The van der Waals surface area contributed by atoms with E-state index in [-0.39, 0.29) is 34.6 Å². The maximum atomic E-state index is 13.7. The Balaban J connectivity index is 0.00000361. The molecule has 0 aliphatic carbocycles. The summed E-state index contributed by atoms with van der Waals surface area (Å²) in [6, 6.07) is 18.0. The summed E-state index contributed by atoms with van der Waals surface area (Å²) in [5, 5.41) is 1.06. The van der Waals surface area contributed by atoms with Crippen molar-refractivity contribution in [2.45, 2.75) is 24.4 Å². The molecule has 0 fully saturated rings. The van der Waals surface area contributed by atoms with Gasteiger partial charge in [-0.2, -0.15) is 0 Å². The van der Waals surface area contributed by atoms with Crippen LogP contribution in [0.4, 0.5) is 5.69 Å². The minimum Gasteiger partial charge on any atom is -0.493 e. The van der Waals surface area contributed by atoms with Crippen molar-refractivity contribution in [2.75, 3.05) is 10.9 Å². The van der Waals surface area contributed by atoms with Crippen molar-refractivity contribution < 1.29 is 13.2 Å². The number of nitrogens with zero attached hydrogens (tertiary/aromatic N) is 3. The number of rotatable bonds is 10. The molecule has 6 nitrogen and oxygen atoms in total. The van der Waals surface area contributed by atoms with Crippen molar-refractivity contribution in [2.24, 2.45) is 0 Å². The highest BCUT2D eigenvalue weighted by Gasteiger charge is 2.28. The molecule has 0 unspecified atom stereocenters. The van der Waals surface area contributed by atoms with Gasteiger partial charge in [0.05, 0.1) is 35.1 Å². The van der Waals surface area contributed by atoms with Crippen LogP contribution in [-0.2, 0) is 23.1 Å². The number of benzene rings is 3. The summed E-state index contributed by atoms with van der Waals surface area (Å²) in [5.41, 5.74) is 0.952. The van der Waals surface area contributed by atoms with Crippen LogP contribution in [0, 0.1) is 0 Å². The monoisotopic (exact) mass is 585 g/mol.